The molecule has 2 rings (SSSR count). The van der Waals surface area contributed by atoms with E-state index in [0.717, 1.165) is 22.8 Å². The zero-order valence-electron chi connectivity index (χ0n) is 6.14. The van der Waals surface area contributed by atoms with Gasteiger partial charge >= 0.3 is 0 Å². The minimum absolute atomic E-state index is 0.215. The Hall–Kier alpha value is -0.300. The third-order valence-corrected chi connectivity index (χ3v) is 3.18. The van der Waals surface area contributed by atoms with Crippen LogP contribution in [0.2, 0.25) is 0 Å². The molecular weight excluding hydrogens is 290 g/mol. The number of hydrogen-bond donors (Lipinski definition) is 0. The van der Waals surface area contributed by atoms with E-state index in [4.69, 9.17) is 0 Å². The van der Waals surface area contributed by atoms with Gasteiger partial charge in [-0.3, -0.25) is 0 Å². The Morgan fingerprint density at radius 3 is 2.83 bits per heavy atom. The molecule has 62 valence electrons. The first kappa shape index (κ1) is 8.31. The van der Waals surface area contributed by atoms with Crippen molar-refractivity contribution in [1.29, 1.82) is 0 Å². The number of hydrogen-bond acceptors (Lipinski definition) is 3. The maximum Gasteiger partial charge on any atom is 0.139 e. The van der Waals surface area contributed by atoms with Crippen LogP contribution in [0.3, 0.4) is 0 Å². The van der Waals surface area contributed by atoms with E-state index in [1.54, 1.807) is 0 Å². The SMILES string of the molecule is Cc1cc(F)c(I)c2nsnc12. The first-order valence-corrected chi connectivity index (χ1v) is 5.08. The van der Waals surface area contributed by atoms with E-state index < -0.39 is 0 Å². The van der Waals surface area contributed by atoms with E-state index in [-0.39, 0.29) is 5.82 Å². The number of nitrogens with zero attached hydrogens (tertiary/aromatic N) is 2. The van der Waals surface area contributed by atoms with Crippen LogP contribution in [0.15, 0.2) is 6.07 Å². The molecule has 0 spiro atoms. The Kier molecular flexibility index (Phi) is 1.99. The lowest BCUT2D eigenvalue weighted by Gasteiger charge is -1.97. The predicted octanol–water partition coefficient (Wildman–Crippen LogP) is 2.74. The molecular formula is C7H4FIN2S. The lowest BCUT2D eigenvalue weighted by molar-refractivity contribution is 0.621. The number of benzene rings is 1. The molecule has 0 aliphatic heterocycles. The van der Waals surface area contributed by atoms with Crippen LogP contribution in [-0.2, 0) is 0 Å². The number of halogens is 2. The van der Waals surface area contributed by atoms with Crippen molar-refractivity contribution >= 4 is 45.4 Å². The average Bonchev–Trinajstić information content (AvgIpc) is 2.48. The number of fused-ring (bicyclic) bond motifs is 1. The quantitative estimate of drug-likeness (QED) is 0.698. The molecule has 0 saturated heterocycles. The third-order valence-electron chi connectivity index (χ3n) is 1.62. The molecule has 0 N–H and O–H groups in total. The van der Waals surface area contributed by atoms with Gasteiger partial charge in [-0.05, 0) is 41.1 Å². The second kappa shape index (κ2) is 2.88. The zero-order valence-corrected chi connectivity index (χ0v) is 9.11. The van der Waals surface area contributed by atoms with Gasteiger partial charge < -0.3 is 0 Å². The molecule has 0 fully saturated rings. The van der Waals surface area contributed by atoms with Gasteiger partial charge in [-0.15, -0.1) is 0 Å². The van der Waals surface area contributed by atoms with Gasteiger partial charge in [0.2, 0.25) is 0 Å². The van der Waals surface area contributed by atoms with E-state index in [1.807, 2.05) is 29.5 Å². The van der Waals surface area contributed by atoms with Crippen molar-refractivity contribution in [1.82, 2.24) is 8.75 Å². The maximum absolute atomic E-state index is 13.1. The molecule has 0 aliphatic rings. The lowest BCUT2D eigenvalue weighted by Crippen LogP contribution is -1.87. The molecule has 12 heavy (non-hydrogen) atoms. The van der Waals surface area contributed by atoms with E-state index in [0.29, 0.717) is 9.09 Å². The minimum Gasteiger partial charge on any atom is -0.206 e. The number of aromatic nitrogens is 2. The fourth-order valence-electron chi connectivity index (χ4n) is 1.03. The van der Waals surface area contributed by atoms with Gasteiger partial charge in [0, 0.05) is 0 Å². The second-order valence-electron chi connectivity index (χ2n) is 2.45. The van der Waals surface area contributed by atoms with Crippen LogP contribution in [0, 0.1) is 16.3 Å². The molecule has 0 saturated carbocycles. The summed E-state index contributed by atoms with van der Waals surface area (Å²) in [5, 5.41) is 0. The van der Waals surface area contributed by atoms with Crippen LogP contribution in [0.4, 0.5) is 4.39 Å². The van der Waals surface area contributed by atoms with E-state index in [9.17, 15) is 4.39 Å². The Balaban J connectivity index is 2.97. The first-order chi connectivity index (χ1) is 5.70. The predicted molar refractivity (Wildman–Crippen MR) is 54.8 cm³/mol. The number of aryl methyl sites for hydroxylation is 1. The molecule has 1 aromatic heterocycles. The van der Waals surface area contributed by atoms with Crippen molar-refractivity contribution in [2.24, 2.45) is 0 Å². The summed E-state index contributed by atoms with van der Waals surface area (Å²) < 4.78 is 21.8. The monoisotopic (exact) mass is 294 g/mol. The van der Waals surface area contributed by atoms with Crippen molar-refractivity contribution < 1.29 is 4.39 Å². The molecule has 0 radical (unpaired) electrons. The molecule has 1 heterocycles. The minimum atomic E-state index is -0.215. The van der Waals surface area contributed by atoms with Crippen LogP contribution in [0.1, 0.15) is 5.56 Å². The largest absolute Gasteiger partial charge is 0.206 e. The molecule has 1 aromatic carbocycles. The zero-order chi connectivity index (χ0) is 8.72. The summed E-state index contributed by atoms with van der Waals surface area (Å²) >= 11 is 3.06. The summed E-state index contributed by atoms with van der Waals surface area (Å²) in [4.78, 5) is 0. The standard InChI is InChI=1S/C7H4FIN2S/c1-3-2-4(8)5(9)7-6(3)10-12-11-7/h2H,1H3. The number of rotatable bonds is 0. The van der Waals surface area contributed by atoms with Crippen LogP contribution < -0.4 is 0 Å². The Bertz CT molecular complexity index is 440. The van der Waals surface area contributed by atoms with Gasteiger partial charge in [-0.25, -0.2) is 4.39 Å². The molecule has 0 aliphatic carbocycles. The van der Waals surface area contributed by atoms with E-state index in [1.165, 1.54) is 6.07 Å². The molecule has 2 aromatic rings. The molecule has 0 unspecified atom stereocenters. The summed E-state index contributed by atoms with van der Waals surface area (Å²) in [6, 6.07) is 1.49. The van der Waals surface area contributed by atoms with Gasteiger partial charge in [0.05, 0.1) is 15.3 Å². The summed E-state index contributed by atoms with van der Waals surface area (Å²) in [6.45, 7) is 1.84. The van der Waals surface area contributed by atoms with Gasteiger partial charge in [0.1, 0.15) is 16.9 Å². The molecule has 0 amide bonds. The van der Waals surface area contributed by atoms with Crippen molar-refractivity contribution in [3.8, 4) is 0 Å². The van der Waals surface area contributed by atoms with Crippen LogP contribution >= 0.6 is 34.3 Å². The fraction of sp³-hybridized carbons (Fsp3) is 0.143. The lowest BCUT2D eigenvalue weighted by atomic mass is 10.2. The third kappa shape index (κ3) is 1.11. The van der Waals surface area contributed by atoms with Gasteiger partial charge in [0.15, 0.2) is 0 Å². The van der Waals surface area contributed by atoms with Crippen LogP contribution in [-0.4, -0.2) is 8.75 Å². The highest BCUT2D eigenvalue weighted by molar-refractivity contribution is 14.1. The van der Waals surface area contributed by atoms with Gasteiger partial charge in [0.25, 0.3) is 0 Å². The average molecular weight is 294 g/mol. The molecule has 0 atom stereocenters. The Morgan fingerprint density at radius 2 is 2.08 bits per heavy atom. The Labute approximate surface area is 86.3 Å². The summed E-state index contributed by atoms with van der Waals surface area (Å²) in [6.07, 6.45) is 0. The fourth-order valence-corrected chi connectivity index (χ4v) is 2.33. The summed E-state index contributed by atoms with van der Waals surface area (Å²) in [5.74, 6) is -0.215. The van der Waals surface area contributed by atoms with Crippen molar-refractivity contribution in [2.45, 2.75) is 6.92 Å². The van der Waals surface area contributed by atoms with Crippen molar-refractivity contribution in [2.75, 3.05) is 0 Å². The summed E-state index contributed by atoms with van der Waals surface area (Å²) in [5.41, 5.74) is 2.33. The molecule has 0 bridgehead atoms. The molecule has 2 nitrogen and oxygen atoms in total. The maximum atomic E-state index is 13.1. The highest BCUT2D eigenvalue weighted by atomic mass is 127. The first-order valence-electron chi connectivity index (χ1n) is 3.27. The second-order valence-corrected chi connectivity index (χ2v) is 4.06. The van der Waals surface area contributed by atoms with Crippen LogP contribution in [0.25, 0.3) is 11.0 Å². The van der Waals surface area contributed by atoms with Crippen molar-refractivity contribution in [3.63, 3.8) is 0 Å². The molecule has 5 heteroatoms. The normalized spacial score (nSPS) is 10.9. The van der Waals surface area contributed by atoms with E-state index in [2.05, 4.69) is 8.75 Å². The van der Waals surface area contributed by atoms with Gasteiger partial charge in [-0.1, -0.05) is 0 Å². The van der Waals surface area contributed by atoms with Crippen molar-refractivity contribution in [3.05, 3.63) is 21.0 Å². The van der Waals surface area contributed by atoms with Gasteiger partial charge in [-0.2, -0.15) is 8.75 Å². The van der Waals surface area contributed by atoms with Crippen LogP contribution in [0.5, 0.6) is 0 Å². The Morgan fingerprint density at radius 1 is 1.42 bits per heavy atom. The summed E-state index contributed by atoms with van der Waals surface area (Å²) in [7, 11) is 0. The van der Waals surface area contributed by atoms with E-state index >= 15 is 0 Å². The highest BCUT2D eigenvalue weighted by Crippen LogP contribution is 2.24. The smallest absolute Gasteiger partial charge is 0.139 e. The highest BCUT2D eigenvalue weighted by Gasteiger charge is 2.10. The topological polar surface area (TPSA) is 25.8 Å².